The molecule has 0 atom stereocenters. The predicted molar refractivity (Wildman–Crippen MR) is 59.1 cm³/mol. The minimum absolute atomic E-state index is 0.514. The van der Waals surface area contributed by atoms with Crippen molar-refractivity contribution in [3.05, 3.63) is 12.2 Å². The van der Waals surface area contributed by atoms with Crippen molar-refractivity contribution in [2.75, 3.05) is 6.61 Å². The van der Waals surface area contributed by atoms with Gasteiger partial charge in [0.15, 0.2) is 0 Å². The summed E-state index contributed by atoms with van der Waals surface area (Å²) in [7, 11) is 0. The van der Waals surface area contributed by atoms with Gasteiger partial charge in [0.25, 0.3) is 6.47 Å². The topological polar surface area (TPSA) is 26.3 Å². The molecule has 0 aromatic carbocycles. The molecule has 0 unspecified atom stereocenters. The molecule has 0 aromatic rings. The Morgan fingerprint density at radius 1 is 1.00 bits per heavy atom. The van der Waals surface area contributed by atoms with Gasteiger partial charge in [0.2, 0.25) is 0 Å². The van der Waals surface area contributed by atoms with E-state index in [1.165, 1.54) is 25.7 Å². The second-order valence-electron chi connectivity index (χ2n) is 3.43. The van der Waals surface area contributed by atoms with Gasteiger partial charge in [-0.15, -0.1) is 0 Å². The molecule has 0 radical (unpaired) electrons. The minimum atomic E-state index is 0.514. The fourth-order valence-electron chi connectivity index (χ4n) is 1.24. The molecule has 14 heavy (non-hydrogen) atoms. The Balaban J connectivity index is 2.99. The molecule has 0 fully saturated rings. The molecule has 0 aliphatic heterocycles. The fraction of sp³-hybridized carbons (Fsp3) is 0.750. The molecule has 0 spiro atoms. The first kappa shape index (κ1) is 13.2. The van der Waals surface area contributed by atoms with Crippen molar-refractivity contribution in [3.63, 3.8) is 0 Å². The highest BCUT2D eigenvalue weighted by Crippen LogP contribution is 2.02. The number of allylic oxidation sites excluding steroid dienone is 2. The Morgan fingerprint density at radius 3 is 2.21 bits per heavy atom. The van der Waals surface area contributed by atoms with Crippen LogP contribution in [0.25, 0.3) is 0 Å². The maximum absolute atomic E-state index is 9.80. The van der Waals surface area contributed by atoms with E-state index >= 15 is 0 Å². The smallest absolute Gasteiger partial charge is 0.293 e. The second kappa shape index (κ2) is 12.2. The first-order chi connectivity index (χ1) is 6.91. The lowest BCUT2D eigenvalue weighted by molar-refractivity contribution is -0.128. The van der Waals surface area contributed by atoms with E-state index in [1.807, 2.05) is 0 Å². The number of unbranched alkanes of at least 4 members (excludes halogenated alkanes) is 5. The molecule has 0 saturated carbocycles. The standard InChI is InChI=1S/C12H22O2/c1-2-3-4-5-6-7-8-9-10-11-14-12-13/h6-7,12H,2-5,8-11H2,1H3/b7-6+. The average molecular weight is 198 g/mol. The maximum atomic E-state index is 9.80. The first-order valence-corrected chi connectivity index (χ1v) is 5.62. The lowest BCUT2D eigenvalue weighted by atomic mass is 10.2. The highest BCUT2D eigenvalue weighted by molar-refractivity contribution is 5.36. The van der Waals surface area contributed by atoms with Crippen LogP contribution in [0.5, 0.6) is 0 Å². The summed E-state index contributed by atoms with van der Waals surface area (Å²) in [5.41, 5.74) is 0. The number of carbonyl (C=O) groups is 1. The average Bonchev–Trinajstić information content (AvgIpc) is 2.21. The lowest BCUT2D eigenvalue weighted by Gasteiger charge is -1.96. The van der Waals surface area contributed by atoms with Crippen LogP contribution in [0, 0.1) is 0 Å². The van der Waals surface area contributed by atoms with Crippen LogP contribution in [-0.2, 0) is 9.53 Å². The molecule has 0 amide bonds. The van der Waals surface area contributed by atoms with Gasteiger partial charge in [-0.3, -0.25) is 4.79 Å². The fourth-order valence-corrected chi connectivity index (χ4v) is 1.24. The number of hydrogen-bond donors (Lipinski definition) is 0. The largest absolute Gasteiger partial charge is 0.468 e. The normalized spacial score (nSPS) is 10.6. The van der Waals surface area contributed by atoms with Crippen molar-refractivity contribution >= 4 is 6.47 Å². The zero-order valence-corrected chi connectivity index (χ0v) is 9.21. The summed E-state index contributed by atoms with van der Waals surface area (Å²) < 4.78 is 4.59. The Bertz CT molecular complexity index is 141. The number of ether oxygens (including phenoxy) is 1. The first-order valence-electron chi connectivity index (χ1n) is 5.62. The number of carbonyl (C=O) groups excluding carboxylic acids is 1. The maximum Gasteiger partial charge on any atom is 0.293 e. The molecule has 0 aliphatic carbocycles. The van der Waals surface area contributed by atoms with Crippen LogP contribution >= 0.6 is 0 Å². The second-order valence-corrected chi connectivity index (χ2v) is 3.43. The van der Waals surface area contributed by atoms with E-state index in [2.05, 4.69) is 23.8 Å². The van der Waals surface area contributed by atoms with Gasteiger partial charge in [-0.2, -0.15) is 0 Å². The van der Waals surface area contributed by atoms with Crippen molar-refractivity contribution in [1.82, 2.24) is 0 Å². The Hall–Kier alpha value is -0.790. The van der Waals surface area contributed by atoms with Crippen LogP contribution < -0.4 is 0 Å². The number of hydrogen-bond acceptors (Lipinski definition) is 2. The summed E-state index contributed by atoms with van der Waals surface area (Å²) in [4.78, 5) is 9.80. The molecular formula is C12H22O2. The monoisotopic (exact) mass is 198 g/mol. The van der Waals surface area contributed by atoms with E-state index in [0.717, 1.165) is 19.3 Å². The van der Waals surface area contributed by atoms with E-state index < -0.39 is 0 Å². The number of rotatable bonds is 10. The summed E-state index contributed by atoms with van der Waals surface area (Å²) in [6, 6.07) is 0. The van der Waals surface area contributed by atoms with Gasteiger partial charge in [0.1, 0.15) is 0 Å². The van der Waals surface area contributed by atoms with E-state index in [4.69, 9.17) is 0 Å². The quantitative estimate of drug-likeness (QED) is 0.305. The highest BCUT2D eigenvalue weighted by atomic mass is 16.5. The van der Waals surface area contributed by atoms with Crippen LogP contribution in [0.1, 0.15) is 51.9 Å². The molecule has 0 aromatic heterocycles. The summed E-state index contributed by atoms with van der Waals surface area (Å²) in [6.07, 6.45) is 12.8. The van der Waals surface area contributed by atoms with Crippen LogP contribution in [-0.4, -0.2) is 13.1 Å². The summed E-state index contributed by atoms with van der Waals surface area (Å²) >= 11 is 0. The van der Waals surface area contributed by atoms with Crippen LogP contribution in [0.4, 0.5) is 0 Å². The van der Waals surface area contributed by atoms with E-state index in [0.29, 0.717) is 13.1 Å². The minimum Gasteiger partial charge on any atom is -0.468 e. The van der Waals surface area contributed by atoms with Crippen LogP contribution in [0.3, 0.4) is 0 Å². The third kappa shape index (κ3) is 11.2. The molecule has 2 heteroatoms. The summed E-state index contributed by atoms with van der Waals surface area (Å²) in [6.45, 7) is 3.30. The highest BCUT2D eigenvalue weighted by Gasteiger charge is 1.86. The van der Waals surface area contributed by atoms with Crippen molar-refractivity contribution in [3.8, 4) is 0 Å². The van der Waals surface area contributed by atoms with Crippen LogP contribution in [0.2, 0.25) is 0 Å². The van der Waals surface area contributed by atoms with Gasteiger partial charge in [-0.05, 0) is 32.1 Å². The van der Waals surface area contributed by atoms with Crippen molar-refractivity contribution < 1.29 is 9.53 Å². The van der Waals surface area contributed by atoms with Crippen LogP contribution in [0.15, 0.2) is 12.2 Å². The van der Waals surface area contributed by atoms with Gasteiger partial charge < -0.3 is 4.74 Å². The molecule has 2 nitrogen and oxygen atoms in total. The molecule has 82 valence electrons. The predicted octanol–water partition coefficient (Wildman–Crippen LogP) is 3.47. The zero-order chi connectivity index (χ0) is 10.5. The Labute approximate surface area is 87.3 Å². The van der Waals surface area contributed by atoms with Crippen molar-refractivity contribution in [2.45, 2.75) is 51.9 Å². The van der Waals surface area contributed by atoms with Gasteiger partial charge in [0.05, 0.1) is 6.61 Å². The SMILES string of the molecule is CCCCC/C=C/CCCCOC=O. The molecule has 0 N–H and O–H groups in total. The Kier molecular flexibility index (Phi) is 11.5. The van der Waals surface area contributed by atoms with Crippen molar-refractivity contribution in [1.29, 1.82) is 0 Å². The molecule has 0 saturated heterocycles. The zero-order valence-electron chi connectivity index (χ0n) is 9.21. The van der Waals surface area contributed by atoms with E-state index in [-0.39, 0.29) is 0 Å². The van der Waals surface area contributed by atoms with Gasteiger partial charge >= 0.3 is 0 Å². The lowest BCUT2D eigenvalue weighted by Crippen LogP contribution is -1.90. The molecule has 0 bridgehead atoms. The van der Waals surface area contributed by atoms with Gasteiger partial charge in [-0.25, -0.2) is 0 Å². The third-order valence-corrected chi connectivity index (χ3v) is 2.09. The molecule has 0 heterocycles. The third-order valence-electron chi connectivity index (χ3n) is 2.09. The van der Waals surface area contributed by atoms with Gasteiger partial charge in [0, 0.05) is 0 Å². The van der Waals surface area contributed by atoms with Gasteiger partial charge in [-0.1, -0.05) is 31.9 Å². The van der Waals surface area contributed by atoms with E-state index in [9.17, 15) is 4.79 Å². The molecular weight excluding hydrogens is 176 g/mol. The van der Waals surface area contributed by atoms with Crippen molar-refractivity contribution in [2.24, 2.45) is 0 Å². The Morgan fingerprint density at radius 2 is 1.64 bits per heavy atom. The molecule has 0 rings (SSSR count). The molecule has 0 aliphatic rings. The van der Waals surface area contributed by atoms with E-state index in [1.54, 1.807) is 0 Å². The summed E-state index contributed by atoms with van der Waals surface area (Å²) in [5.74, 6) is 0. The summed E-state index contributed by atoms with van der Waals surface area (Å²) in [5, 5.41) is 0.